The number of hydrogen-bond acceptors (Lipinski definition) is 9. The fourth-order valence-electron chi connectivity index (χ4n) is 2.54. The Morgan fingerprint density at radius 2 is 1.91 bits per heavy atom. The molecular weight excluding hydrogens is 313 g/mol. The molecule has 0 aliphatic carbocycles. The van der Waals surface area contributed by atoms with Gasteiger partial charge in [-0.25, -0.2) is 19.3 Å². The maximum atomic E-state index is 14.6. The van der Waals surface area contributed by atoms with E-state index in [2.05, 4.69) is 15.0 Å². The number of nitrogen functional groups attached to an aromatic ring is 1. The van der Waals surface area contributed by atoms with E-state index in [1.165, 1.54) is 6.33 Å². The number of aliphatic hydroxyl groups is 4. The molecule has 3 rings (SSSR count). The van der Waals surface area contributed by atoms with Crippen LogP contribution in [0.15, 0.2) is 12.7 Å². The molecule has 10 nitrogen and oxygen atoms in total. The Kier molecular flexibility index (Phi) is 4.12. The van der Waals surface area contributed by atoms with Crippen LogP contribution < -0.4 is 5.73 Å². The number of alkyl halides is 1. The summed E-state index contributed by atoms with van der Waals surface area (Å²) in [4.78, 5) is 11.7. The molecule has 1 aliphatic rings. The van der Waals surface area contributed by atoms with Gasteiger partial charge in [0, 0.05) is 0 Å². The molecule has 11 heteroatoms. The Morgan fingerprint density at radius 3 is 2.61 bits per heavy atom. The average Bonchev–Trinajstić information content (AvgIpc) is 2.95. The normalized spacial score (nSPS) is 35.3. The maximum Gasteiger partial charge on any atom is 0.173 e. The van der Waals surface area contributed by atoms with E-state index in [1.54, 1.807) is 0 Å². The Balaban J connectivity index is 2.06. The lowest BCUT2D eigenvalue weighted by molar-refractivity contribution is -0.137. The van der Waals surface area contributed by atoms with Gasteiger partial charge in [-0.05, 0) is 0 Å². The third-order valence-corrected chi connectivity index (χ3v) is 3.83. The van der Waals surface area contributed by atoms with Crippen molar-refractivity contribution in [1.82, 2.24) is 19.5 Å². The molecule has 126 valence electrons. The molecule has 0 saturated carbocycles. The standard InChI is InChI=1S/C12H16FN5O5/c13-5-8(21)9(22)7(20)4(1-19)23-12(5)18-3-17-6-10(14)15-2-16-11(6)18/h2-5,7-9,12,19-22H,1H2,(H2,14,15,16)/t4-,5+,7-,8+,9+,12-/m1/s1. The second kappa shape index (κ2) is 5.94. The number of halogens is 1. The van der Waals surface area contributed by atoms with E-state index in [4.69, 9.17) is 10.5 Å². The van der Waals surface area contributed by atoms with Crippen molar-refractivity contribution in [3.8, 4) is 0 Å². The van der Waals surface area contributed by atoms with Crippen molar-refractivity contribution < 1.29 is 29.6 Å². The van der Waals surface area contributed by atoms with Gasteiger partial charge in [-0.1, -0.05) is 0 Å². The van der Waals surface area contributed by atoms with Crippen molar-refractivity contribution in [2.45, 2.75) is 36.8 Å². The molecule has 0 aromatic carbocycles. The molecule has 0 unspecified atom stereocenters. The number of fused-ring (bicyclic) bond motifs is 1. The molecule has 0 spiro atoms. The Morgan fingerprint density at radius 1 is 1.17 bits per heavy atom. The lowest BCUT2D eigenvalue weighted by Crippen LogP contribution is -2.46. The lowest BCUT2D eigenvalue weighted by atomic mass is 10.0. The molecule has 2 aromatic rings. The summed E-state index contributed by atoms with van der Waals surface area (Å²) in [5.74, 6) is 0.0807. The maximum absolute atomic E-state index is 14.6. The second-order valence-corrected chi connectivity index (χ2v) is 5.25. The minimum atomic E-state index is -2.11. The number of imidazole rings is 1. The van der Waals surface area contributed by atoms with Crippen molar-refractivity contribution in [3.05, 3.63) is 12.7 Å². The van der Waals surface area contributed by atoms with E-state index >= 15 is 0 Å². The zero-order valence-corrected chi connectivity index (χ0v) is 11.8. The molecule has 1 fully saturated rings. The number of aromatic nitrogens is 4. The monoisotopic (exact) mass is 329 g/mol. The molecular formula is C12H16FN5O5. The van der Waals surface area contributed by atoms with E-state index < -0.39 is 43.4 Å². The SMILES string of the molecule is Nc1ncnc2c1ncn2[C@@H]1O[C@H](CO)[C@@H](O)[C@H](O)[C@@H](O)[C@@H]1F. The number of anilines is 1. The Hall–Kier alpha value is -1.92. The highest BCUT2D eigenvalue weighted by molar-refractivity contribution is 5.81. The predicted molar refractivity (Wildman–Crippen MR) is 73.6 cm³/mol. The molecule has 2 aromatic heterocycles. The van der Waals surface area contributed by atoms with Gasteiger partial charge in [0.2, 0.25) is 0 Å². The quantitative estimate of drug-likeness (QED) is 0.409. The van der Waals surface area contributed by atoms with Crippen molar-refractivity contribution in [3.63, 3.8) is 0 Å². The topological polar surface area (TPSA) is 160 Å². The molecule has 1 aliphatic heterocycles. The van der Waals surface area contributed by atoms with Gasteiger partial charge in [-0.3, -0.25) is 4.57 Å². The second-order valence-electron chi connectivity index (χ2n) is 5.25. The highest BCUT2D eigenvalue weighted by atomic mass is 19.1. The first-order valence-electron chi connectivity index (χ1n) is 6.83. The minimum Gasteiger partial charge on any atom is -0.394 e. The van der Waals surface area contributed by atoms with Crippen LogP contribution in [0, 0.1) is 0 Å². The summed E-state index contributed by atoms with van der Waals surface area (Å²) in [5, 5.41) is 38.8. The Bertz CT molecular complexity index is 698. The zero-order chi connectivity index (χ0) is 16.7. The third kappa shape index (κ3) is 2.52. The summed E-state index contributed by atoms with van der Waals surface area (Å²) in [6, 6.07) is 0. The number of rotatable bonds is 2. The molecule has 6 atom stereocenters. The number of nitrogens with two attached hydrogens (primary N) is 1. The highest BCUT2D eigenvalue weighted by Crippen LogP contribution is 2.31. The highest BCUT2D eigenvalue weighted by Gasteiger charge is 2.46. The van der Waals surface area contributed by atoms with E-state index in [-0.39, 0.29) is 17.0 Å². The van der Waals surface area contributed by atoms with Gasteiger partial charge in [-0.2, -0.15) is 0 Å². The zero-order valence-electron chi connectivity index (χ0n) is 11.8. The van der Waals surface area contributed by atoms with E-state index in [1.807, 2.05) is 0 Å². The predicted octanol–water partition coefficient (Wildman–Crippen LogP) is -2.28. The summed E-state index contributed by atoms with van der Waals surface area (Å²) in [6.45, 7) is -0.683. The van der Waals surface area contributed by atoms with Crippen molar-refractivity contribution >= 4 is 17.0 Å². The average molecular weight is 329 g/mol. The first-order chi connectivity index (χ1) is 11.0. The van der Waals surface area contributed by atoms with Gasteiger partial charge in [0.25, 0.3) is 0 Å². The van der Waals surface area contributed by atoms with Gasteiger partial charge in [0.1, 0.15) is 36.3 Å². The smallest absolute Gasteiger partial charge is 0.173 e. The number of aliphatic hydroxyl groups excluding tert-OH is 4. The van der Waals surface area contributed by atoms with Gasteiger partial charge >= 0.3 is 0 Å². The molecule has 0 radical (unpaired) electrons. The number of hydrogen-bond donors (Lipinski definition) is 5. The van der Waals surface area contributed by atoms with Crippen LogP contribution in [0.2, 0.25) is 0 Å². The summed E-state index contributed by atoms with van der Waals surface area (Å²) < 4.78 is 21.1. The van der Waals surface area contributed by atoms with Crippen LogP contribution in [0.3, 0.4) is 0 Å². The van der Waals surface area contributed by atoms with Crippen LogP contribution in [-0.2, 0) is 4.74 Å². The van der Waals surface area contributed by atoms with Crippen molar-refractivity contribution in [1.29, 1.82) is 0 Å². The molecule has 23 heavy (non-hydrogen) atoms. The van der Waals surface area contributed by atoms with Crippen molar-refractivity contribution in [2.75, 3.05) is 12.3 Å². The fourth-order valence-corrected chi connectivity index (χ4v) is 2.54. The molecule has 6 N–H and O–H groups in total. The fraction of sp³-hybridized carbons (Fsp3) is 0.583. The largest absolute Gasteiger partial charge is 0.394 e. The summed E-state index contributed by atoms with van der Waals surface area (Å²) in [7, 11) is 0. The molecule has 3 heterocycles. The van der Waals surface area contributed by atoms with Crippen LogP contribution in [0.4, 0.5) is 10.2 Å². The first-order valence-corrected chi connectivity index (χ1v) is 6.83. The number of nitrogens with zero attached hydrogens (tertiary/aromatic N) is 4. The van der Waals surface area contributed by atoms with Crippen molar-refractivity contribution in [2.24, 2.45) is 0 Å². The van der Waals surface area contributed by atoms with Crippen LogP contribution in [0.1, 0.15) is 6.23 Å². The molecule has 0 bridgehead atoms. The van der Waals surface area contributed by atoms with Gasteiger partial charge in [0.15, 0.2) is 23.9 Å². The van der Waals surface area contributed by atoms with Gasteiger partial charge in [0.05, 0.1) is 12.9 Å². The van der Waals surface area contributed by atoms with Crippen LogP contribution >= 0.6 is 0 Å². The van der Waals surface area contributed by atoms with E-state index in [0.717, 1.165) is 10.9 Å². The van der Waals surface area contributed by atoms with Crippen LogP contribution in [0.25, 0.3) is 11.2 Å². The molecule has 1 saturated heterocycles. The van der Waals surface area contributed by atoms with E-state index in [0.29, 0.717) is 0 Å². The third-order valence-electron chi connectivity index (χ3n) is 3.83. The first kappa shape index (κ1) is 16.0. The summed E-state index contributed by atoms with van der Waals surface area (Å²) in [5.41, 5.74) is 6.02. The minimum absolute atomic E-state index is 0.0807. The summed E-state index contributed by atoms with van der Waals surface area (Å²) >= 11 is 0. The van der Waals surface area contributed by atoms with Crippen LogP contribution in [0.5, 0.6) is 0 Å². The lowest BCUT2D eigenvalue weighted by Gasteiger charge is -2.25. The number of ether oxygens (including phenoxy) is 1. The Labute approximate surface area is 129 Å². The van der Waals surface area contributed by atoms with E-state index in [9.17, 15) is 24.8 Å². The summed E-state index contributed by atoms with van der Waals surface area (Å²) in [6.07, 6.45) is -7.95. The van der Waals surface area contributed by atoms with Gasteiger partial charge < -0.3 is 30.9 Å². The molecule has 0 amide bonds. The van der Waals surface area contributed by atoms with Crippen LogP contribution in [-0.4, -0.2) is 77.1 Å². The van der Waals surface area contributed by atoms with Gasteiger partial charge in [-0.15, -0.1) is 0 Å².